The molecule has 0 saturated heterocycles. The first-order valence-corrected chi connectivity index (χ1v) is 9.29. The lowest BCUT2D eigenvalue weighted by Gasteiger charge is -2.18. The predicted octanol–water partition coefficient (Wildman–Crippen LogP) is 3.63. The lowest BCUT2D eigenvalue weighted by molar-refractivity contribution is 0.211. The maximum Gasteiger partial charge on any atom is 0.191 e. The number of guanidine groups is 1. The van der Waals surface area contributed by atoms with E-state index in [1.807, 2.05) is 19.1 Å². The molecule has 0 spiro atoms. The number of halogens is 2. The van der Waals surface area contributed by atoms with Gasteiger partial charge >= 0.3 is 0 Å². The first-order valence-electron chi connectivity index (χ1n) is 9.29. The van der Waals surface area contributed by atoms with E-state index in [0.29, 0.717) is 31.4 Å². The van der Waals surface area contributed by atoms with E-state index in [9.17, 15) is 4.39 Å². The van der Waals surface area contributed by atoms with E-state index in [-0.39, 0.29) is 35.9 Å². The zero-order valence-corrected chi connectivity index (χ0v) is 19.4. The number of methoxy groups -OCH3 is 1. The number of nitrogens with one attached hydrogen (secondary N) is 3. The van der Waals surface area contributed by atoms with Crippen LogP contribution in [-0.4, -0.2) is 45.9 Å². The summed E-state index contributed by atoms with van der Waals surface area (Å²) in [4.78, 5) is 4.22. The van der Waals surface area contributed by atoms with Crippen LogP contribution >= 0.6 is 24.0 Å². The number of rotatable bonds is 10. The molecule has 8 heteroatoms. The quantitative estimate of drug-likeness (QED) is 0.195. The second-order valence-corrected chi connectivity index (χ2v) is 6.31. The van der Waals surface area contributed by atoms with Crippen LogP contribution in [-0.2, 0) is 11.3 Å². The van der Waals surface area contributed by atoms with Crippen molar-refractivity contribution in [1.29, 1.82) is 0 Å². The molecular weight excluding hydrogens is 486 g/mol. The Balaban J connectivity index is 0.00000420. The highest BCUT2D eigenvalue weighted by Gasteiger charge is 2.06. The third-order valence-corrected chi connectivity index (χ3v) is 3.96. The summed E-state index contributed by atoms with van der Waals surface area (Å²) < 4.78 is 23.9. The van der Waals surface area contributed by atoms with Crippen molar-refractivity contribution in [2.75, 3.05) is 39.2 Å². The fourth-order valence-electron chi connectivity index (χ4n) is 2.50. The second kappa shape index (κ2) is 14.0. The van der Waals surface area contributed by atoms with Gasteiger partial charge in [-0.1, -0.05) is 18.2 Å². The summed E-state index contributed by atoms with van der Waals surface area (Å²) >= 11 is 0. The van der Waals surface area contributed by atoms with Crippen LogP contribution < -0.4 is 20.7 Å². The maximum atomic E-state index is 13.2. The minimum atomic E-state index is -0.310. The van der Waals surface area contributed by atoms with Gasteiger partial charge in [-0.05, 0) is 36.8 Å². The van der Waals surface area contributed by atoms with Gasteiger partial charge in [-0.15, -0.1) is 24.0 Å². The highest BCUT2D eigenvalue weighted by atomic mass is 127. The number of benzene rings is 2. The first kappa shape index (κ1) is 25.0. The first-order chi connectivity index (χ1) is 13.6. The van der Waals surface area contributed by atoms with Crippen molar-refractivity contribution in [3.05, 3.63) is 59.9 Å². The smallest absolute Gasteiger partial charge is 0.191 e. The summed E-state index contributed by atoms with van der Waals surface area (Å²) in [5.74, 6) is 0.878. The van der Waals surface area contributed by atoms with Crippen LogP contribution in [0.1, 0.15) is 12.5 Å². The number of nitrogens with zero attached hydrogens (tertiary/aromatic N) is 1. The topological polar surface area (TPSA) is 66.9 Å². The van der Waals surface area contributed by atoms with Gasteiger partial charge in [0.25, 0.3) is 0 Å². The fourth-order valence-corrected chi connectivity index (χ4v) is 2.50. The van der Waals surface area contributed by atoms with Crippen molar-refractivity contribution in [2.24, 2.45) is 4.99 Å². The lowest BCUT2D eigenvalue weighted by Crippen LogP contribution is -2.41. The Morgan fingerprint density at radius 3 is 2.55 bits per heavy atom. The molecule has 2 aromatic rings. The normalized spacial score (nSPS) is 11.9. The Morgan fingerprint density at radius 1 is 1.14 bits per heavy atom. The van der Waals surface area contributed by atoms with Gasteiger partial charge in [-0.3, -0.25) is 4.99 Å². The van der Waals surface area contributed by atoms with E-state index in [1.165, 1.54) is 12.1 Å². The monoisotopic (exact) mass is 516 g/mol. The van der Waals surface area contributed by atoms with Crippen LogP contribution in [0.25, 0.3) is 0 Å². The molecule has 0 aliphatic carbocycles. The molecule has 0 aliphatic heterocycles. The van der Waals surface area contributed by atoms with Crippen LogP contribution in [0, 0.1) is 5.82 Å². The summed E-state index contributed by atoms with van der Waals surface area (Å²) in [7, 11) is 3.40. The van der Waals surface area contributed by atoms with Gasteiger partial charge in [-0.25, -0.2) is 4.39 Å². The second-order valence-electron chi connectivity index (χ2n) is 6.31. The van der Waals surface area contributed by atoms with Gasteiger partial charge in [0.2, 0.25) is 0 Å². The molecule has 3 N–H and O–H groups in total. The molecule has 1 atom stereocenters. The highest BCUT2D eigenvalue weighted by molar-refractivity contribution is 14.0. The van der Waals surface area contributed by atoms with E-state index < -0.39 is 0 Å². The minimum absolute atomic E-state index is 0. The predicted molar refractivity (Wildman–Crippen MR) is 127 cm³/mol. The Bertz CT molecular complexity index is 744. The highest BCUT2D eigenvalue weighted by Crippen LogP contribution is 2.13. The number of anilines is 1. The molecule has 0 radical (unpaired) electrons. The van der Waals surface area contributed by atoms with E-state index in [4.69, 9.17) is 9.47 Å². The van der Waals surface area contributed by atoms with E-state index in [0.717, 1.165) is 17.8 Å². The molecule has 0 aromatic heterocycles. The average Bonchev–Trinajstić information content (AvgIpc) is 2.69. The summed E-state index contributed by atoms with van der Waals surface area (Å²) in [6.45, 7) is 4.56. The summed E-state index contributed by atoms with van der Waals surface area (Å²) in [5.41, 5.74) is 2.20. The van der Waals surface area contributed by atoms with Crippen molar-refractivity contribution < 1.29 is 13.9 Å². The molecule has 0 amide bonds. The standard InChI is InChI=1S/C21H29FN4O2.HI/c1-16(28-20-6-4-5-18(22)13-20)14-25-21(23-2)26-15-17-7-9-19(10-8-17)24-11-12-27-3;/h4-10,13,16,24H,11-12,14-15H2,1-3H3,(H2,23,25,26);1H. The van der Waals surface area contributed by atoms with Crippen LogP contribution in [0.2, 0.25) is 0 Å². The largest absolute Gasteiger partial charge is 0.489 e. The molecule has 1 unspecified atom stereocenters. The number of aliphatic imine (C=N–C) groups is 1. The average molecular weight is 516 g/mol. The summed E-state index contributed by atoms with van der Waals surface area (Å²) in [6.07, 6.45) is -0.141. The van der Waals surface area contributed by atoms with Gasteiger partial charge in [0.05, 0.1) is 13.2 Å². The number of ether oxygens (including phenoxy) is 2. The van der Waals surface area contributed by atoms with Crippen molar-refractivity contribution in [3.63, 3.8) is 0 Å². The van der Waals surface area contributed by atoms with Gasteiger partial charge < -0.3 is 25.4 Å². The van der Waals surface area contributed by atoms with Crippen LogP contribution in [0.5, 0.6) is 5.75 Å². The Morgan fingerprint density at radius 2 is 1.90 bits per heavy atom. The molecule has 0 fully saturated rings. The van der Waals surface area contributed by atoms with Gasteiger partial charge in [0, 0.05) is 39.0 Å². The van der Waals surface area contributed by atoms with E-state index >= 15 is 0 Å². The van der Waals surface area contributed by atoms with Crippen LogP contribution in [0.3, 0.4) is 0 Å². The minimum Gasteiger partial charge on any atom is -0.489 e. The van der Waals surface area contributed by atoms with E-state index in [2.05, 4.69) is 33.1 Å². The SMILES string of the molecule is CN=C(NCc1ccc(NCCOC)cc1)NCC(C)Oc1cccc(F)c1.I. The van der Waals surface area contributed by atoms with Crippen molar-refractivity contribution >= 4 is 35.6 Å². The third-order valence-electron chi connectivity index (χ3n) is 3.96. The van der Waals surface area contributed by atoms with Gasteiger partial charge in [0.15, 0.2) is 5.96 Å². The Hall–Kier alpha value is -2.07. The van der Waals surface area contributed by atoms with Crippen LogP contribution in [0.15, 0.2) is 53.5 Å². The Kier molecular flexibility index (Phi) is 12.1. The molecule has 29 heavy (non-hydrogen) atoms. The summed E-state index contributed by atoms with van der Waals surface area (Å²) in [6, 6.07) is 14.3. The molecule has 2 rings (SSSR count). The Labute approximate surface area is 189 Å². The molecular formula is C21H30FIN4O2. The fraction of sp³-hybridized carbons (Fsp3) is 0.381. The molecule has 6 nitrogen and oxygen atoms in total. The van der Waals surface area contributed by atoms with Gasteiger partial charge in [-0.2, -0.15) is 0 Å². The van der Waals surface area contributed by atoms with E-state index in [1.54, 1.807) is 26.3 Å². The lowest BCUT2D eigenvalue weighted by atomic mass is 10.2. The third kappa shape index (κ3) is 9.80. The molecule has 0 bridgehead atoms. The zero-order chi connectivity index (χ0) is 20.2. The van der Waals surface area contributed by atoms with Gasteiger partial charge in [0.1, 0.15) is 17.7 Å². The molecule has 2 aromatic carbocycles. The molecule has 0 saturated carbocycles. The molecule has 0 aliphatic rings. The maximum absolute atomic E-state index is 13.2. The summed E-state index contributed by atoms with van der Waals surface area (Å²) in [5, 5.41) is 9.77. The zero-order valence-electron chi connectivity index (χ0n) is 17.1. The number of hydrogen-bond donors (Lipinski definition) is 3. The molecule has 0 heterocycles. The molecule has 160 valence electrons. The number of hydrogen-bond acceptors (Lipinski definition) is 4. The van der Waals surface area contributed by atoms with Crippen molar-refractivity contribution in [3.8, 4) is 5.75 Å². The van der Waals surface area contributed by atoms with Crippen LogP contribution in [0.4, 0.5) is 10.1 Å². The van der Waals surface area contributed by atoms with Crippen molar-refractivity contribution in [1.82, 2.24) is 10.6 Å². The van der Waals surface area contributed by atoms with Crippen molar-refractivity contribution in [2.45, 2.75) is 19.6 Å².